The Morgan fingerprint density at radius 2 is 1.35 bits per heavy atom. The molecule has 1 atom stereocenters. The molecule has 1 unspecified atom stereocenters. The van der Waals surface area contributed by atoms with Crippen molar-refractivity contribution in [2.75, 3.05) is 32.7 Å². The summed E-state index contributed by atoms with van der Waals surface area (Å²) in [6, 6.07) is 31.7. The summed E-state index contributed by atoms with van der Waals surface area (Å²) in [5.74, 6) is 0. The molecule has 5 rings (SSSR count). The Bertz CT molecular complexity index is 1380. The number of aryl methyl sites for hydroxylation is 1. The van der Waals surface area contributed by atoms with E-state index in [1.54, 1.807) is 18.2 Å². The molecule has 1 saturated heterocycles. The molecule has 7 heteroatoms. The van der Waals surface area contributed by atoms with Gasteiger partial charge in [-0.15, -0.1) is 0 Å². The highest BCUT2D eigenvalue weighted by atomic mass is 19.4. The Balaban J connectivity index is 1.10. The molecule has 0 bridgehead atoms. The van der Waals surface area contributed by atoms with Crippen molar-refractivity contribution in [2.24, 2.45) is 0 Å². The molecule has 0 aliphatic carbocycles. The van der Waals surface area contributed by atoms with Crippen molar-refractivity contribution < 1.29 is 18.3 Å². The fourth-order valence-corrected chi connectivity index (χ4v) is 5.99. The first-order valence-corrected chi connectivity index (χ1v) is 15.2. The van der Waals surface area contributed by atoms with Crippen LogP contribution in [0.2, 0.25) is 0 Å². The Kier molecular flexibility index (Phi) is 10.3. The number of aromatic nitrogens is 1. The summed E-state index contributed by atoms with van der Waals surface area (Å²) in [5.41, 5.74) is 3.35. The van der Waals surface area contributed by atoms with Crippen LogP contribution in [0, 0.1) is 6.92 Å². The quantitative estimate of drug-likeness (QED) is 0.180. The third kappa shape index (κ3) is 8.11. The normalized spacial score (nSPS) is 15.6. The Labute approximate surface area is 252 Å². The SMILES string of the molecule is Cc1ccc(-c2ccc(C(O)CCCCCN3CCN(C(c4ccccc4)c4ccccc4)CC3)c(C(F)(F)F)n2)cc1. The van der Waals surface area contributed by atoms with Crippen LogP contribution in [0.25, 0.3) is 11.3 Å². The molecule has 1 aliphatic rings. The minimum Gasteiger partial charge on any atom is -0.388 e. The molecule has 4 aromatic rings. The summed E-state index contributed by atoms with van der Waals surface area (Å²) in [4.78, 5) is 8.95. The predicted octanol–water partition coefficient (Wildman–Crippen LogP) is 8.08. The highest BCUT2D eigenvalue weighted by Crippen LogP contribution is 2.36. The summed E-state index contributed by atoms with van der Waals surface area (Å²) >= 11 is 0. The van der Waals surface area contributed by atoms with E-state index in [9.17, 15) is 18.3 Å². The average Bonchev–Trinajstić information content (AvgIpc) is 3.02. The molecule has 0 amide bonds. The van der Waals surface area contributed by atoms with E-state index < -0.39 is 18.0 Å². The van der Waals surface area contributed by atoms with Gasteiger partial charge in [0.1, 0.15) is 0 Å². The van der Waals surface area contributed by atoms with Gasteiger partial charge in [-0.25, -0.2) is 4.98 Å². The maximum absolute atomic E-state index is 13.9. The first-order valence-electron chi connectivity index (χ1n) is 15.2. The number of benzene rings is 3. The minimum atomic E-state index is -4.64. The van der Waals surface area contributed by atoms with E-state index in [-0.39, 0.29) is 23.7 Å². The smallest absolute Gasteiger partial charge is 0.388 e. The van der Waals surface area contributed by atoms with Crippen molar-refractivity contribution in [3.05, 3.63) is 125 Å². The van der Waals surface area contributed by atoms with Crippen LogP contribution >= 0.6 is 0 Å². The number of alkyl halides is 3. The van der Waals surface area contributed by atoms with E-state index >= 15 is 0 Å². The zero-order valence-electron chi connectivity index (χ0n) is 24.7. The van der Waals surface area contributed by atoms with Crippen LogP contribution in [0.5, 0.6) is 0 Å². The number of unbranched alkanes of at least 4 members (excludes halogenated alkanes) is 2. The van der Waals surface area contributed by atoms with Crippen LogP contribution < -0.4 is 0 Å². The van der Waals surface area contributed by atoms with E-state index in [1.807, 2.05) is 19.1 Å². The largest absolute Gasteiger partial charge is 0.433 e. The molecule has 226 valence electrons. The highest BCUT2D eigenvalue weighted by Gasteiger charge is 2.37. The van der Waals surface area contributed by atoms with Gasteiger partial charge in [0.15, 0.2) is 5.69 Å². The van der Waals surface area contributed by atoms with E-state index in [0.717, 1.165) is 51.1 Å². The molecule has 1 fully saturated rings. The average molecular weight is 588 g/mol. The molecular weight excluding hydrogens is 547 g/mol. The summed E-state index contributed by atoms with van der Waals surface area (Å²) < 4.78 is 41.7. The summed E-state index contributed by atoms with van der Waals surface area (Å²) in [7, 11) is 0. The van der Waals surface area contributed by atoms with Gasteiger partial charge in [0.2, 0.25) is 0 Å². The van der Waals surface area contributed by atoms with Gasteiger partial charge >= 0.3 is 6.18 Å². The number of piperazine rings is 1. The van der Waals surface area contributed by atoms with E-state index in [0.29, 0.717) is 12.0 Å². The van der Waals surface area contributed by atoms with Crippen molar-refractivity contribution >= 4 is 0 Å². The van der Waals surface area contributed by atoms with Crippen molar-refractivity contribution in [3.8, 4) is 11.3 Å². The van der Waals surface area contributed by atoms with Crippen molar-refractivity contribution in [1.29, 1.82) is 0 Å². The predicted molar refractivity (Wildman–Crippen MR) is 166 cm³/mol. The lowest BCUT2D eigenvalue weighted by molar-refractivity contribution is -0.142. The number of rotatable bonds is 11. The molecule has 3 aromatic carbocycles. The molecule has 1 aromatic heterocycles. The molecule has 0 spiro atoms. The van der Waals surface area contributed by atoms with Gasteiger partial charge in [-0.05, 0) is 43.5 Å². The maximum Gasteiger partial charge on any atom is 0.433 e. The van der Waals surface area contributed by atoms with Crippen LogP contribution in [-0.2, 0) is 6.18 Å². The van der Waals surface area contributed by atoms with Gasteiger partial charge in [0, 0.05) is 37.3 Å². The second kappa shape index (κ2) is 14.3. The van der Waals surface area contributed by atoms with Crippen molar-refractivity contribution in [3.63, 3.8) is 0 Å². The number of halogens is 3. The van der Waals surface area contributed by atoms with Crippen LogP contribution in [0.4, 0.5) is 13.2 Å². The molecule has 4 nitrogen and oxygen atoms in total. The number of nitrogens with zero attached hydrogens (tertiary/aromatic N) is 3. The van der Waals surface area contributed by atoms with Crippen LogP contribution in [0.1, 0.15) is 65.8 Å². The number of aliphatic hydroxyl groups excluding tert-OH is 1. The number of aliphatic hydroxyl groups is 1. The fourth-order valence-electron chi connectivity index (χ4n) is 5.99. The monoisotopic (exact) mass is 587 g/mol. The Hall–Kier alpha value is -3.52. The molecule has 43 heavy (non-hydrogen) atoms. The van der Waals surface area contributed by atoms with Gasteiger partial charge in [-0.3, -0.25) is 4.90 Å². The van der Waals surface area contributed by atoms with Gasteiger partial charge in [0.25, 0.3) is 0 Å². The van der Waals surface area contributed by atoms with Crippen LogP contribution in [0.15, 0.2) is 97.1 Å². The first kappa shape index (κ1) is 30.9. The minimum absolute atomic E-state index is 0.147. The van der Waals surface area contributed by atoms with Gasteiger partial charge in [-0.1, -0.05) is 109 Å². The number of pyridine rings is 1. The van der Waals surface area contributed by atoms with Gasteiger partial charge in [-0.2, -0.15) is 13.2 Å². The zero-order chi connectivity index (χ0) is 30.2. The molecule has 2 heterocycles. The number of hydrogen-bond donors (Lipinski definition) is 1. The summed E-state index contributed by atoms with van der Waals surface area (Å²) in [5, 5.41) is 10.7. The van der Waals surface area contributed by atoms with Gasteiger partial charge < -0.3 is 10.0 Å². The topological polar surface area (TPSA) is 39.6 Å². The molecule has 1 N–H and O–H groups in total. The van der Waals surface area contributed by atoms with Crippen LogP contribution in [0.3, 0.4) is 0 Å². The van der Waals surface area contributed by atoms with Crippen molar-refractivity contribution in [1.82, 2.24) is 14.8 Å². The third-order valence-corrected chi connectivity index (χ3v) is 8.36. The lowest BCUT2D eigenvalue weighted by atomic mass is 9.96. The van der Waals surface area contributed by atoms with E-state index in [2.05, 4.69) is 75.4 Å². The lowest BCUT2D eigenvalue weighted by Gasteiger charge is -2.40. The Morgan fingerprint density at radius 1 is 0.744 bits per heavy atom. The van der Waals surface area contributed by atoms with Crippen molar-refractivity contribution in [2.45, 2.75) is 50.9 Å². The molecule has 0 radical (unpaired) electrons. The zero-order valence-corrected chi connectivity index (χ0v) is 24.7. The lowest BCUT2D eigenvalue weighted by Crippen LogP contribution is -2.48. The first-order chi connectivity index (χ1) is 20.8. The van der Waals surface area contributed by atoms with Gasteiger partial charge in [0.05, 0.1) is 17.8 Å². The second-order valence-corrected chi connectivity index (χ2v) is 11.5. The third-order valence-electron chi connectivity index (χ3n) is 8.36. The van der Waals surface area contributed by atoms with E-state index in [4.69, 9.17) is 0 Å². The Morgan fingerprint density at radius 3 is 1.93 bits per heavy atom. The second-order valence-electron chi connectivity index (χ2n) is 11.5. The molecular formula is C36H40F3N3O. The molecule has 0 saturated carbocycles. The standard InChI is InChI=1S/C36H40F3N3O/c1-27-16-18-28(19-17-27)32-21-20-31(35(40-32)36(37,38)39)33(43)15-9-4-10-22-41-23-25-42(26-24-41)34(29-11-5-2-6-12-29)30-13-7-3-8-14-30/h2-3,5-8,11-14,16-21,33-34,43H,4,9-10,15,22-26H2,1H3. The summed E-state index contributed by atoms with van der Waals surface area (Å²) in [6.07, 6.45) is -3.11. The maximum atomic E-state index is 13.9. The molecule has 1 aliphatic heterocycles. The fraction of sp³-hybridized carbons (Fsp3) is 0.361. The van der Waals surface area contributed by atoms with E-state index in [1.165, 1.54) is 17.2 Å². The number of hydrogen-bond acceptors (Lipinski definition) is 4. The van der Waals surface area contributed by atoms with Crippen LogP contribution in [-0.4, -0.2) is 52.6 Å². The summed E-state index contributed by atoms with van der Waals surface area (Å²) in [6.45, 7) is 6.77. The highest BCUT2D eigenvalue weighted by molar-refractivity contribution is 5.60.